The number of rotatable bonds is 6. The number of aryl methyl sites for hydroxylation is 2. The van der Waals surface area contributed by atoms with Crippen LogP contribution in [0.1, 0.15) is 21.5 Å². The number of para-hydroxylation sites is 1. The SMILES string of the molecule is Cc1cccc(C)c1NC(=O)CN(C)C(=O)c1cccc(S(=O)(=O)N2CCNC(=O)C2)c1. The zero-order chi connectivity index (χ0) is 23.5. The van der Waals surface area contributed by atoms with Crippen molar-refractivity contribution in [1.82, 2.24) is 14.5 Å². The van der Waals surface area contributed by atoms with Crippen LogP contribution in [0, 0.1) is 13.8 Å². The van der Waals surface area contributed by atoms with Crippen LogP contribution >= 0.6 is 0 Å². The van der Waals surface area contributed by atoms with Gasteiger partial charge in [0.25, 0.3) is 5.91 Å². The average molecular weight is 459 g/mol. The second kappa shape index (κ2) is 9.49. The molecule has 2 aromatic rings. The Hall–Kier alpha value is -3.24. The number of amides is 3. The summed E-state index contributed by atoms with van der Waals surface area (Å²) in [5, 5.41) is 5.40. The van der Waals surface area contributed by atoms with E-state index in [1.165, 1.54) is 36.2 Å². The summed E-state index contributed by atoms with van der Waals surface area (Å²) in [6, 6.07) is 11.3. The van der Waals surface area contributed by atoms with Gasteiger partial charge in [0, 0.05) is 31.4 Å². The van der Waals surface area contributed by atoms with E-state index in [0.29, 0.717) is 5.69 Å². The molecule has 170 valence electrons. The molecule has 1 heterocycles. The Balaban J connectivity index is 1.72. The van der Waals surface area contributed by atoms with Gasteiger partial charge in [0.15, 0.2) is 0 Å². The summed E-state index contributed by atoms with van der Waals surface area (Å²) >= 11 is 0. The van der Waals surface area contributed by atoms with Gasteiger partial charge < -0.3 is 15.5 Å². The number of likely N-dealkylation sites (N-methyl/N-ethyl adjacent to an activating group) is 1. The lowest BCUT2D eigenvalue weighted by Gasteiger charge is -2.26. The fourth-order valence-corrected chi connectivity index (χ4v) is 4.90. The molecule has 0 aromatic heterocycles. The Morgan fingerprint density at radius 1 is 1.12 bits per heavy atom. The van der Waals surface area contributed by atoms with Gasteiger partial charge in [0.2, 0.25) is 21.8 Å². The van der Waals surface area contributed by atoms with Crippen molar-refractivity contribution in [2.75, 3.05) is 38.5 Å². The summed E-state index contributed by atoms with van der Waals surface area (Å²) in [5.41, 5.74) is 2.67. The number of carbonyl (C=O) groups excluding carboxylic acids is 3. The lowest BCUT2D eigenvalue weighted by molar-refractivity contribution is -0.122. The Morgan fingerprint density at radius 2 is 1.78 bits per heavy atom. The summed E-state index contributed by atoms with van der Waals surface area (Å²) in [4.78, 5) is 38.1. The van der Waals surface area contributed by atoms with Crippen LogP contribution in [0.15, 0.2) is 47.4 Å². The second-order valence-electron chi connectivity index (χ2n) is 7.69. The highest BCUT2D eigenvalue weighted by molar-refractivity contribution is 7.89. The maximum absolute atomic E-state index is 12.9. The largest absolute Gasteiger partial charge is 0.354 e. The minimum Gasteiger partial charge on any atom is -0.354 e. The van der Waals surface area contributed by atoms with Gasteiger partial charge in [-0.15, -0.1) is 0 Å². The highest BCUT2D eigenvalue weighted by Crippen LogP contribution is 2.20. The van der Waals surface area contributed by atoms with Crippen LogP contribution in [0.2, 0.25) is 0 Å². The maximum Gasteiger partial charge on any atom is 0.254 e. The van der Waals surface area contributed by atoms with E-state index >= 15 is 0 Å². The molecule has 0 saturated carbocycles. The molecule has 1 fully saturated rings. The topological polar surface area (TPSA) is 116 Å². The first-order valence-corrected chi connectivity index (χ1v) is 11.5. The molecule has 0 radical (unpaired) electrons. The van der Waals surface area contributed by atoms with Crippen molar-refractivity contribution in [3.05, 3.63) is 59.2 Å². The Bertz CT molecular complexity index is 1140. The minimum absolute atomic E-state index is 0.0774. The molecular weight excluding hydrogens is 432 g/mol. The van der Waals surface area contributed by atoms with Crippen molar-refractivity contribution in [2.45, 2.75) is 18.7 Å². The number of hydrogen-bond donors (Lipinski definition) is 2. The van der Waals surface area contributed by atoms with E-state index in [4.69, 9.17) is 0 Å². The van der Waals surface area contributed by atoms with Crippen LogP contribution in [0.25, 0.3) is 0 Å². The molecule has 2 aromatic carbocycles. The van der Waals surface area contributed by atoms with Gasteiger partial charge in [-0.2, -0.15) is 4.31 Å². The molecule has 3 amide bonds. The molecule has 10 heteroatoms. The molecule has 0 aliphatic carbocycles. The molecule has 0 bridgehead atoms. The van der Waals surface area contributed by atoms with E-state index in [0.717, 1.165) is 15.4 Å². The summed E-state index contributed by atoms with van der Waals surface area (Å²) < 4.78 is 26.8. The number of benzene rings is 2. The number of carbonyl (C=O) groups is 3. The third kappa shape index (κ3) is 5.14. The first kappa shape index (κ1) is 23.4. The van der Waals surface area contributed by atoms with Gasteiger partial charge in [-0.1, -0.05) is 24.3 Å². The summed E-state index contributed by atoms with van der Waals surface area (Å²) in [6.45, 7) is 3.69. The zero-order valence-electron chi connectivity index (χ0n) is 18.2. The Labute approximate surface area is 187 Å². The Kier molecular flexibility index (Phi) is 6.95. The number of nitrogens with zero attached hydrogens (tertiary/aromatic N) is 2. The lowest BCUT2D eigenvalue weighted by atomic mass is 10.1. The van der Waals surface area contributed by atoms with Crippen LogP contribution < -0.4 is 10.6 Å². The van der Waals surface area contributed by atoms with Gasteiger partial charge in [-0.25, -0.2) is 8.42 Å². The van der Waals surface area contributed by atoms with Gasteiger partial charge in [-0.05, 0) is 43.2 Å². The van der Waals surface area contributed by atoms with Crippen molar-refractivity contribution in [3.63, 3.8) is 0 Å². The van der Waals surface area contributed by atoms with Gasteiger partial charge >= 0.3 is 0 Å². The molecule has 9 nitrogen and oxygen atoms in total. The number of piperazine rings is 1. The molecule has 1 aliphatic rings. The monoisotopic (exact) mass is 458 g/mol. The normalized spacial score (nSPS) is 14.5. The maximum atomic E-state index is 12.9. The van der Waals surface area contributed by atoms with Gasteiger partial charge in [0.1, 0.15) is 0 Å². The van der Waals surface area contributed by atoms with Crippen LogP contribution in [-0.2, 0) is 19.6 Å². The molecule has 0 atom stereocenters. The molecule has 2 N–H and O–H groups in total. The van der Waals surface area contributed by atoms with Gasteiger partial charge in [0.05, 0.1) is 18.0 Å². The number of nitrogens with one attached hydrogen (secondary N) is 2. The predicted molar refractivity (Wildman–Crippen MR) is 120 cm³/mol. The zero-order valence-corrected chi connectivity index (χ0v) is 19.0. The second-order valence-corrected chi connectivity index (χ2v) is 9.63. The minimum atomic E-state index is -3.93. The van der Waals surface area contributed by atoms with Crippen molar-refractivity contribution >= 4 is 33.4 Å². The van der Waals surface area contributed by atoms with E-state index in [1.54, 1.807) is 0 Å². The molecule has 0 spiro atoms. The fourth-order valence-electron chi connectivity index (χ4n) is 3.46. The average Bonchev–Trinajstić information content (AvgIpc) is 2.76. The predicted octanol–water partition coefficient (Wildman–Crippen LogP) is 1.13. The fraction of sp³-hybridized carbons (Fsp3) is 0.318. The molecular formula is C22H26N4O5S. The third-order valence-electron chi connectivity index (χ3n) is 5.20. The highest BCUT2D eigenvalue weighted by atomic mass is 32.2. The lowest BCUT2D eigenvalue weighted by Crippen LogP contribution is -2.49. The van der Waals surface area contributed by atoms with Crippen LogP contribution in [0.3, 0.4) is 0 Å². The summed E-state index contributed by atoms with van der Waals surface area (Å²) in [6.07, 6.45) is 0. The smallest absolute Gasteiger partial charge is 0.254 e. The third-order valence-corrected chi connectivity index (χ3v) is 7.04. The number of anilines is 1. The molecule has 3 rings (SSSR count). The molecule has 1 aliphatic heterocycles. The van der Waals surface area contributed by atoms with Crippen LogP contribution in [-0.4, -0.2) is 68.6 Å². The van der Waals surface area contributed by atoms with E-state index in [-0.39, 0.29) is 48.5 Å². The van der Waals surface area contributed by atoms with E-state index in [9.17, 15) is 22.8 Å². The van der Waals surface area contributed by atoms with E-state index < -0.39 is 15.9 Å². The number of sulfonamides is 1. The molecule has 0 unspecified atom stereocenters. The van der Waals surface area contributed by atoms with Crippen LogP contribution in [0.5, 0.6) is 0 Å². The van der Waals surface area contributed by atoms with Crippen molar-refractivity contribution in [3.8, 4) is 0 Å². The van der Waals surface area contributed by atoms with Crippen molar-refractivity contribution in [2.24, 2.45) is 0 Å². The highest BCUT2D eigenvalue weighted by Gasteiger charge is 2.30. The van der Waals surface area contributed by atoms with E-state index in [2.05, 4.69) is 10.6 Å². The first-order valence-electron chi connectivity index (χ1n) is 10.1. The van der Waals surface area contributed by atoms with E-state index in [1.807, 2.05) is 32.0 Å². The quantitative estimate of drug-likeness (QED) is 0.673. The van der Waals surface area contributed by atoms with Crippen LogP contribution in [0.4, 0.5) is 5.69 Å². The number of hydrogen-bond acceptors (Lipinski definition) is 5. The molecule has 32 heavy (non-hydrogen) atoms. The standard InChI is InChI=1S/C22H26N4O5S/c1-15-6-4-7-16(2)21(15)24-20(28)13-25(3)22(29)17-8-5-9-18(12-17)32(30,31)26-11-10-23-19(27)14-26/h4-9,12H,10-11,13-14H2,1-3H3,(H,23,27)(H,24,28). The van der Waals surface area contributed by atoms with Gasteiger partial charge in [-0.3, -0.25) is 14.4 Å². The first-order chi connectivity index (χ1) is 15.1. The summed E-state index contributed by atoms with van der Waals surface area (Å²) in [5.74, 6) is -1.22. The van der Waals surface area contributed by atoms with Crippen molar-refractivity contribution < 1.29 is 22.8 Å². The summed E-state index contributed by atoms with van der Waals surface area (Å²) in [7, 11) is -2.45. The molecule has 1 saturated heterocycles. The Morgan fingerprint density at radius 3 is 2.44 bits per heavy atom. The van der Waals surface area contributed by atoms with Crippen molar-refractivity contribution in [1.29, 1.82) is 0 Å².